The van der Waals surface area contributed by atoms with Crippen molar-refractivity contribution in [2.75, 3.05) is 38.1 Å². The Hall–Kier alpha value is -2.67. The molecular formula is C17H20N6O. The number of nitrogens with zero attached hydrogens (tertiary/aromatic N) is 6. The third kappa shape index (κ3) is 2.46. The molecule has 1 fully saturated rings. The molecule has 0 saturated carbocycles. The molecule has 3 aromatic rings. The summed E-state index contributed by atoms with van der Waals surface area (Å²) in [6.07, 6.45) is 1.76. The summed E-state index contributed by atoms with van der Waals surface area (Å²) in [5.41, 5.74) is 2.22. The summed E-state index contributed by atoms with van der Waals surface area (Å²) >= 11 is 0. The van der Waals surface area contributed by atoms with E-state index in [1.807, 2.05) is 23.7 Å². The van der Waals surface area contributed by atoms with Gasteiger partial charge in [0.2, 0.25) is 0 Å². The molecule has 7 heteroatoms. The minimum atomic E-state index is 0.184. The molecule has 2 aromatic heterocycles. The van der Waals surface area contributed by atoms with Gasteiger partial charge in [-0.1, -0.05) is 12.1 Å². The second kappa shape index (κ2) is 5.76. The van der Waals surface area contributed by atoms with E-state index in [9.17, 15) is 5.11 Å². The Morgan fingerprint density at radius 3 is 2.50 bits per heavy atom. The Labute approximate surface area is 140 Å². The van der Waals surface area contributed by atoms with Gasteiger partial charge in [-0.25, -0.2) is 15.0 Å². The first-order chi connectivity index (χ1) is 11.6. The minimum absolute atomic E-state index is 0.184. The molecule has 7 nitrogen and oxygen atoms in total. The molecule has 124 valence electrons. The van der Waals surface area contributed by atoms with Crippen molar-refractivity contribution in [3.05, 3.63) is 30.6 Å². The van der Waals surface area contributed by atoms with Gasteiger partial charge < -0.3 is 19.5 Å². The third-order valence-electron chi connectivity index (χ3n) is 4.49. The summed E-state index contributed by atoms with van der Waals surface area (Å²) in [5, 5.41) is 10.2. The fraction of sp³-hybridized carbons (Fsp3) is 0.353. The van der Waals surface area contributed by atoms with E-state index in [1.54, 1.807) is 18.5 Å². The minimum Gasteiger partial charge on any atom is -0.507 e. The number of rotatable bonds is 2. The van der Waals surface area contributed by atoms with Crippen molar-refractivity contribution in [2.24, 2.45) is 7.05 Å². The van der Waals surface area contributed by atoms with Gasteiger partial charge in [0.15, 0.2) is 22.8 Å². The second-order valence-electron chi connectivity index (χ2n) is 6.21. The summed E-state index contributed by atoms with van der Waals surface area (Å²) < 4.78 is 1.89. The van der Waals surface area contributed by atoms with Crippen LogP contribution in [0.15, 0.2) is 30.6 Å². The number of benzene rings is 1. The van der Waals surface area contributed by atoms with E-state index in [0.717, 1.165) is 43.2 Å². The Balaban J connectivity index is 1.88. The van der Waals surface area contributed by atoms with E-state index in [4.69, 9.17) is 4.98 Å². The van der Waals surface area contributed by atoms with Crippen LogP contribution in [-0.4, -0.2) is 62.8 Å². The third-order valence-corrected chi connectivity index (χ3v) is 4.49. The molecule has 0 amide bonds. The number of phenolic OH excluding ortho intramolecular Hbond substituents is 1. The molecule has 1 saturated heterocycles. The number of imidazole rings is 1. The maximum atomic E-state index is 10.2. The molecule has 1 aromatic carbocycles. The average molecular weight is 324 g/mol. The lowest BCUT2D eigenvalue weighted by molar-refractivity contribution is 0.312. The van der Waals surface area contributed by atoms with Gasteiger partial charge in [0.1, 0.15) is 5.75 Å². The van der Waals surface area contributed by atoms with Crippen LogP contribution in [0.1, 0.15) is 0 Å². The van der Waals surface area contributed by atoms with E-state index < -0.39 is 0 Å². The number of anilines is 1. The van der Waals surface area contributed by atoms with Crippen molar-refractivity contribution in [1.29, 1.82) is 0 Å². The Kier molecular flexibility index (Phi) is 3.57. The first kappa shape index (κ1) is 14.9. The molecule has 0 atom stereocenters. The fourth-order valence-corrected chi connectivity index (χ4v) is 3.01. The first-order valence-electron chi connectivity index (χ1n) is 8.04. The van der Waals surface area contributed by atoms with Crippen LogP contribution in [0.2, 0.25) is 0 Å². The molecule has 3 heterocycles. The van der Waals surface area contributed by atoms with E-state index in [2.05, 4.69) is 26.8 Å². The first-order valence-corrected chi connectivity index (χ1v) is 8.04. The van der Waals surface area contributed by atoms with Crippen LogP contribution in [0, 0.1) is 0 Å². The van der Waals surface area contributed by atoms with E-state index in [-0.39, 0.29) is 5.75 Å². The number of piperazine rings is 1. The van der Waals surface area contributed by atoms with Gasteiger partial charge in [0.25, 0.3) is 0 Å². The second-order valence-corrected chi connectivity index (χ2v) is 6.21. The van der Waals surface area contributed by atoms with Gasteiger partial charge in [-0.2, -0.15) is 0 Å². The molecule has 24 heavy (non-hydrogen) atoms. The zero-order valence-corrected chi connectivity index (χ0v) is 13.8. The normalized spacial score (nSPS) is 16.0. The maximum absolute atomic E-state index is 10.2. The van der Waals surface area contributed by atoms with E-state index in [1.165, 1.54) is 0 Å². The average Bonchev–Trinajstić information content (AvgIpc) is 2.97. The number of hydrogen-bond donors (Lipinski definition) is 1. The fourth-order valence-electron chi connectivity index (χ4n) is 3.01. The number of hydrogen-bond acceptors (Lipinski definition) is 6. The standard InChI is InChI=1S/C17H20N6O/c1-21-7-9-23(10-8-21)17-14-16(22(2)11-18-14)19-15(20-17)12-5-3-4-6-13(12)24/h3-6,11,24H,7-10H2,1-2H3. The quantitative estimate of drug-likeness (QED) is 0.770. The van der Waals surface area contributed by atoms with Crippen LogP contribution in [0.4, 0.5) is 5.82 Å². The van der Waals surface area contributed by atoms with Gasteiger partial charge in [-0.3, -0.25) is 0 Å². The molecule has 4 rings (SSSR count). The number of aromatic hydroxyl groups is 1. The monoisotopic (exact) mass is 324 g/mol. The van der Waals surface area contributed by atoms with Gasteiger partial charge in [-0.05, 0) is 19.2 Å². The van der Waals surface area contributed by atoms with Gasteiger partial charge in [0.05, 0.1) is 11.9 Å². The maximum Gasteiger partial charge on any atom is 0.167 e. The van der Waals surface area contributed by atoms with Crippen LogP contribution in [0.3, 0.4) is 0 Å². The number of aryl methyl sites for hydroxylation is 1. The SMILES string of the molecule is CN1CCN(c2nc(-c3ccccc3O)nc3c2ncn3C)CC1. The van der Waals surface area contributed by atoms with Crippen molar-refractivity contribution < 1.29 is 5.11 Å². The van der Waals surface area contributed by atoms with Crippen LogP contribution in [0.5, 0.6) is 5.75 Å². The number of fused-ring (bicyclic) bond motifs is 1. The van der Waals surface area contributed by atoms with Crippen LogP contribution >= 0.6 is 0 Å². The highest BCUT2D eigenvalue weighted by Crippen LogP contribution is 2.31. The predicted molar refractivity (Wildman–Crippen MR) is 93.1 cm³/mol. The van der Waals surface area contributed by atoms with Gasteiger partial charge in [-0.15, -0.1) is 0 Å². The topological polar surface area (TPSA) is 70.3 Å². The van der Waals surface area contributed by atoms with E-state index in [0.29, 0.717) is 11.4 Å². The van der Waals surface area contributed by atoms with Crippen molar-refractivity contribution >= 4 is 17.0 Å². The highest BCUT2D eigenvalue weighted by atomic mass is 16.3. The Morgan fingerprint density at radius 2 is 1.75 bits per heavy atom. The van der Waals surface area contributed by atoms with Crippen molar-refractivity contribution in [3.8, 4) is 17.1 Å². The Morgan fingerprint density at radius 1 is 1.00 bits per heavy atom. The molecule has 1 N–H and O–H groups in total. The summed E-state index contributed by atoms with van der Waals surface area (Å²) in [6, 6.07) is 7.16. The molecule has 0 radical (unpaired) electrons. The predicted octanol–water partition coefficient (Wildman–Crippen LogP) is 1.49. The Bertz CT molecular complexity index is 882. The lowest BCUT2D eigenvalue weighted by atomic mass is 10.2. The highest BCUT2D eigenvalue weighted by Gasteiger charge is 2.22. The van der Waals surface area contributed by atoms with Crippen molar-refractivity contribution in [1.82, 2.24) is 24.4 Å². The lowest BCUT2D eigenvalue weighted by Crippen LogP contribution is -2.45. The number of phenols is 1. The summed E-state index contributed by atoms with van der Waals surface area (Å²) in [5.74, 6) is 1.55. The van der Waals surface area contributed by atoms with E-state index >= 15 is 0 Å². The summed E-state index contributed by atoms with van der Waals surface area (Å²) in [4.78, 5) is 18.4. The number of aromatic nitrogens is 4. The molecule has 0 bridgehead atoms. The largest absolute Gasteiger partial charge is 0.507 e. The molecule has 1 aliphatic heterocycles. The summed E-state index contributed by atoms with van der Waals surface area (Å²) in [6.45, 7) is 3.79. The smallest absolute Gasteiger partial charge is 0.167 e. The van der Waals surface area contributed by atoms with Gasteiger partial charge in [0, 0.05) is 33.2 Å². The molecule has 0 aliphatic carbocycles. The van der Waals surface area contributed by atoms with Crippen LogP contribution < -0.4 is 4.90 Å². The van der Waals surface area contributed by atoms with Crippen molar-refractivity contribution in [2.45, 2.75) is 0 Å². The lowest BCUT2D eigenvalue weighted by Gasteiger charge is -2.33. The molecule has 0 spiro atoms. The zero-order valence-electron chi connectivity index (χ0n) is 13.8. The number of likely N-dealkylation sites (N-methyl/N-ethyl adjacent to an activating group) is 1. The van der Waals surface area contributed by atoms with Gasteiger partial charge >= 0.3 is 0 Å². The molecular weight excluding hydrogens is 304 g/mol. The summed E-state index contributed by atoms with van der Waals surface area (Å²) in [7, 11) is 4.05. The van der Waals surface area contributed by atoms with Crippen LogP contribution in [0.25, 0.3) is 22.6 Å². The van der Waals surface area contributed by atoms with Crippen molar-refractivity contribution in [3.63, 3.8) is 0 Å². The molecule has 0 unspecified atom stereocenters. The van der Waals surface area contributed by atoms with Crippen LogP contribution in [-0.2, 0) is 7.05 Å². The molecule has 1 aliphatic rings. The number of para-hydroxylation sites is 1. The zero-order chi connectivity index (χ0) is 16.7. The highest BCUT2D eigenvalue weighted by molar-refractivity contribution is 5.86.